The van der Waals surface area contributed by atoms with Crippen molar-refractivity contribution in [1.29, 1.82) is 0 Å². The van der Waals surface area contributed by atoms with Crippen molar-refractivity contribution in [1.82, 2.24) is 9.97 Å². The molecule has 0 aromatic carbocycles. The smallest absolute Gasteiger partial charge is 0.134 e. The van der Waals surface area contributed by atoms with Crippen LogP contribution in [-0.2, 0) is 0 Å². The predicted molar refractivity (Wildman–Crippen MR) is 80.7 cm³/mol. The van der Waals surface area contributed by atoms with Crippen LogP contribution in [0.25, 0.3) is 0 Å². The first-order valence-corrected chi connectivity index (χ1v) is 7.48. The third kappa shape index (κ3) is 3.58. The van der Waals surface area contributed by atoms with E-state index >= 15 is 0 Å². The fourth-order valence-corrected chi connectivity index (χ4v) is 2.74. The number of nitrogens with zero attached hydrogens (tertiary/aromatic N) is 2. The monoisotopic (exact) mass is 262 g/mol. The first kappa shape index (κ1) is 14.1. The third-order valence-corrected chi connectivity index (χ3v) is 4.00. The van der Waals surface area contributed by atoms with Crippen LogP contribution in [0.15, 0.2) is 6.33 Å². The largest absolute Gasteiger partial charge is 0.370 e. The lowest BCUT2D eigenvalue weighted by Crippen LogP contribution is -2.37. The highest BCUT2D eigenvalue weighted by Gasteiger charge is 2.27. The summed E-state index contributed by atoms with van der Waals surface area (Å²) in [7, 11) is 0. The van der Waals surface area contributed by atoms with Gasteiger partial charge >= 0.3 is 0 Å². The Morgan fingerprint density at radius 3 is 2.53 bits per heavy atom. The van der Waals surface area contributed by atoms with E-state index in [1.807, 2.05) is 0 Å². The fraction of sp³-hybridized carbons (Fsp3) is 0.733. The van der Waals surface area contributed by atoms with Gasteiger partial charge < -0.3 is 10.6 Å². The lowest BCUT2D eigenvalue weighted by atomic mass is 9.83. The topological polar surface area (TPSA) is 49.8 Å². The van der Waals surface area contributed by atoms with Crippen LogP contribution in [0.2, 0.25) is 0 Å². The van der Waals surface area contributed by atoms with Crippen molar-refractivity contribution in [3.05, 3.63) is 11.9 Å². The average Bonchev–Trinajstić information content (AvgIpc) is 2.40. The van der Waals surface area contributed by atoms with Gasteiger partial charge in [-0.15, -0.1) is 0 Å². The van der Waals surface area contributed by atoms with E-state index in [9.17, 15) is 0 Å². The van der Waals surface area contributed by atoms with Crippen LogP contribution in [0.4, 0.5) is 11.6 Å². The van der Waals surface area contributed by atoms with Crippen LogP contribution in [0.3, 0.4) is 0 Å². The van der Waals surface area contributed by atoms with Crippen molar-refractivity contribution in [3.63, 3.8) is 0 Å². The van der Waals surface area contributed by atoms with Crippen LogP contribution in [0.1, 0.15) is 57.9 Å². The molecule has 0 atom stereocenters. The molecule has 0 bridgehead atoms. The molecule has 0 spiro atoms. The van der Waals surface area contributed by atoms with Crippen LogP contribution in [-0.4, -0.2) is 22.1 Å². The maximum atomic E-state index is 4.42. The summed E-state index contributed by atoms with van der Waals surface area (Å²) < 4.78 is 0. The van der Waals surface area contributed by atoms with Crippen LogP contribution >= 0.6 is 0 Å². The van der Waals surface area contributed by atoms with Gasteiger partial charge in [-0.1, -0.05) is 26.2 Å². The van der Waals surface area contributed by atoms with Gasteiger partial charge in [-0.25, -0.2) is 9.97 Å². The zero-order chi connectivity index (χ0) is 13.7. The molecule has 0 aliphatic heterocycles. The van der Waals surface area contributed by atoms with Gasteiger partial charge in [0.1, 0.15) is 18.0 Å². The van der Waals surface area contributed by atoms with E-state index in [0.717, 1.165) is 30.2 Å². The van der Waals surface area contributed by atoms with Crippen LogP contribution < -0.4 is 10.6 Å². The minimum absolute atomic E-state index is 0.194. The second-order valence-electron chi connectivity index (χ2n) is 5.87. The molecular formula is C15H26N4. The molecule has 0 radical (unpaired) electrons. The Labute approximate surface area is 116 Å². The lowest BCUT2D eigenvalue weighted by molar-refractivity contribution is 0.348. The molecule has 2 N–H and O–H groups in total. The molecule has 0 unspecified atom stereocenters. The molecule has 106 valence electrons. The van der Waals surface area contributed by atoms with Crippen molar-refractivity contribution in [2.45, 2.75) is 64.8 Å². The number of hydrogen-bond donors (Lipinski definition) is 2. The summed E-state index contributed by atoms with van der Waals surface area (Å²) in [6.07, 6.45) is 9.21. The second kappa shape index (κ2) is 6.22. The maximum absolute atomic E-state index is 4.42. The Balaban J connectivity index is 2.11. The summed E-state index contributed by atoms with van der Waals surface area (Å²) >= 11 is 0. The summed E-state index contributed by atoms with van der Waals surface area (Å²) in [6.45, 7) is 7.51. The molecule has 1 aromatic heterocycles. The molecule has 0 saturated heterocycles. The number of aromatic nitrogens is 2. The van der Waals surface area contributed by atoms with Gasteiger partial charge in [0, 0.05) is 17.6 Å². The van der Waals surface area contributed by atoms with Gasteiger partial charge in [-0.3, -0.25) is 0 Å². The van der Waals surface area contributed by atoms with E-state index in [1.165, 1.54) is 32.1 Å². The number of nitrogens with one attached hydrogen (secondary N) is 2. The third-order valence-electron chi connectivity index (χ3n) is 4.00. The van der Waals surface area contributed by atoms with E-state index in [1.54, 1.807) is 6.33 Å². The zero-order valence-electron chi connectivity index (χ0n) is 12.4. The van der Waals surface area contributed by atoms with E-state index < -0.39 is 0 Å². The van der Waals surface area contributed by atoms with Gasteiger partial charge in [0.2, 0.25) is 0 Å². The normalized spacial score (nSPS) is 18.1. The number of hydrogen-bond acceptors (Lipinski definition) is 4. The maximum Gasteiger partial charge on any atom is 0.134 e. The Bertz CT molecular complexity index is 411. The number of rotatable bonds is 5. The molecule has 1 aromatic rings. The standard InChI is InChI=1S/C15H26N4/c1-4-10-16-13-12(2)14(18-11-17-13)19-15(3)8-6-5-7-9-15/h11H,4-10H2,1-3H3,(H2,16,17,18,19). The van der Waals surface area contributed by atoms with Crippen LogP contribution in [0.5, 0.6) is 0 Å². The highest BCUT2D eigenvalue weighted by Crippen LogP contribution is 2.32. The SMILES string of the molecule is CCCNc1ncnc(NC2(C)CCCCC2)c1C. The highest BCUT2D eigenvalue weighted by molar-refractivity contribution is 5.57. The molecule has 1 saturated carbocycles. The highest BCUT2D eigenvalue weighted by atomic mass is 15.1. The first-order chi connectivity index (χ1) is 9.14. The van der Waals surface area contributed by atoms with Gasteiger partial charge in [0.25, 0.3) is 0 Å². The average molecular weight is 262 g/mol. The predicted octanol–water partition coefficient (Wildman–Crippen LogP) is 3.74. The first-order valence-electron chi connectivity index (χ1n) is 7.48. The Kier molecular flexibility index (Phi) is 4.61. The van der Waals surface area contributed by atoms with Gasteiger partial charge in [-0.05, 0) is 33.1 Å². The Morgan fingerprint density at radius 2 is 1.84 bits per heavy atom. The molecule has 1 fully saturated rings. The van der Waals surface area contributed by atoms with Gasteiger partial charge in [0.15, 0.2) is 0 Å². The molecule has 4 nitrogen and oxygen atoms in total. The molecule has 1 aliphatic rings. The number of anilines is 2. The quantitative estimate of drug-likeness (QED) is 0.848. The molecule has 0 amide bonds. The molecular weight excluding hydrogens is 236 g/mol. The Hall–Kier alpha value is -1.32. The fourth-order valence-electron chi connectivity index (χ4n) is 2.74. The zero-order valence-corrected chi connectivity index (χ0v) is 12.4. The van der Waals surface area contributed by atoms with E-state index in [4.69, 9.17) is 0 Å². The molecule has 4 heteroatoms. The minimum atomic E-state index is 0.194. The lowest BCUT2D eigenvalue weighted by Gasteiger charge is -2.35. The van der Waals surface area contributed by atoms with Crippen molar-refractivity contribution in [3.8, 4) is 0 Å². The van der Waals surface area contributed by atoms with Gasteiger partial charge in [0.05, 0.1) is 0 Å². The van der Waals surface area contributed by atoms with Crippen LogP contribution in [0, 0.1) is 6.92 Å². The van der Waals surface area contributed by atoms with E-state index in [0.29, 0.717) is 0 Å². The second-order valence-corrected chi connectivity index (χ2v) is 5.87. The molecule has 2 rings (SSSR count). The van der Waals surface area contributed by atoms with Crippen molar-refractivity contribution in [2.75, 3.05) is 17.2 Å². The van der Waals surface area contributed by atoms with Crippen molar-refractivity contribution in [2.24, 2.45) is 0 Å². The molecule has 1 aliphatic carbocycles. The summed E-state index contributed by atoms with van der Waals surface area (Å²) in [4.78, 5) is 8.75. The summed E-state index contributed by atoms with van der Waals surface area (Å²) in [5.41, 5.74) is 1.32. The van der Waals surface area contributed by atoms with Crippen molar-refractivity contribution < 1.29 is 0 Å². The summed E-state index contributed by atoms with van der Waals surface area (Å²) in [5, 5.41) is 7.01. The Morgan fingerprint density at radius 1 is 1.16 bits per heavy atom. The van der Waals surface area contributed by atoms with Gasteiger partial charge in [-0.2, -0.15) is 0 Å². The molecule has 1 heterocycles. The van der Waals surface area contributed by atoms with Crippen molar-refractivity contribution >= 4 is 11.6 Å². The summed E-state index contributed by atoms with van der Waals surface area (Å²) in [5.74, 6) is 1.94. The van der Waals surface area contributed by atoms with E-state index in [-0.39, 0.29) is 5.54 Å². The minimum Gasteiger partial charge on any atom is -0.370 e. The molecule has 19 heavy (non-hydrogen) atoms. The van der Waals surface area contributed by atoms with E-state index in [2.05, 4.69) is 41.4 Å². The summed E-state index contributed by atoms with van der Waals surface area (Å²) in [6, 6.07) is 0.